The summed E-state index contributed by atoms with van der Waals surface area (Å²) < 4.78 is 10.0. The van der Waals surface area contributed by atoms with Crippen molar-refractivity contribution in [3.63, 3.8) is 0 Å². The first-order valence-corrected chi connectivity index (χ1v) is 5.02. The summed E-state index contributed by atoms with van der Waals surface area (Å²) in [5.41, 5.74) is 0.354. The maximum Gasteiger partial charge on any atom is 0.357 e. The van der Waals surface area contributed by atoms with Crippen LogP contribution in [0.3, 0.4) is 0 Å². The van der Waals surface area contributed by atoms with Gasteiger partial charge < -0.3 is 14.3 Å². The number of aromatic carboxylic acids is 1. The normalized spacial score (nSPS) is 10.2. The highest BCUT2D eigenvalue weighted by atomic mass is 35.5. The zero-order valence-corrected chi connectivity index (χ0v) is 9.56. The lowest BCUT2D eigenvalue weighted by Crippen LogP contribution is -1.95. The van der Waals surface area contributed by atoms with Crippen molar-refractivity contribution in [1.82, 2.24) is 4.98 Å². The van der Waals surface area contributed by atoms with Crippen molar-refractivity contribution in [2.45, 2.75) is 0 Å². The molecule has 6 heteroatoms. The van der Waals surface area contributed by atoms with Crippen molar-refractivity contribution in [2.24, 2.45) is 0 Å². The van der Waals surface area contributed by atoms with Crippen LogP contribution in [0.4, 0.5) is 0 Å². The number of aromatic nitrogens is 1. The predicted octanol–water partition coefficient (Wildman–Crippen LogP) is 2.70. The van der Waals surface area contributed by atoms with E-state index < -0.39 is 5.97 Å². The van der Waals surface area contributed by atoms with Gasteiger partial charge in [-0.1, -0.05) is 11.6 Å². The molecule has 0 aliphatic carbocycles. The molecule has 1 heterocycles. The largest absolute Gasteiger partial charge is 0.497 e. The summed E-state index contributed by atoms with van der Waals surface area (Å²) in [7, 11) is 1.53. The third-order valence-electron chi connectivity index (χ3n) is 2.13. The quantitative estimate of drug-likeness (QED) is 0.910. The minimum Gasteiger partial charge on any atom is -0.497 e. The summed E-state index contributed by atoms with van der Waals surface area (Å²) in [6, 6.07) is 4.94. The lowest BCUT2D eigenvalue weighted by molar-refractivity contribution is 0.0690. The molecule has 2 aromatic rings. The van der Waals surface area contributed by atoms with Crippen LogP contribution in [0.5, 0.6) is 5.75 Å². The molecule has 0 amide bonds. The smallest absolute Gasteiger partial charge is 0.357 e. The topological polar surface area (TPSA) is 72.6 Å². The minimum atomic E-state index is -1.15. The van der Waals surface area contributed by atoms with Crippen molar-refractivity contribution in [2.75, 3.05) is 7.11 Å². The van der Waals surface area contributed by atoms with Gasteiger partial charge in [0.25, 0.3) is 0 Å². The van der Waals surface area contributed by atoms with Crippen molar-refractivity contribution in [1.29, 1.82) is 0 Å². The van der Waals surface area contributed by atoms with E-state index in [9.17, 15) is 4.79 Å². The number of carbonyl (C=O) groups is 1. The molecule has 0 unspecified atom stereocenters. The Morgan fingerprint density at radius 2 is 2.29 bits per heavy atom. The van der Waals surface area contributed by atoms with Crippen molar-refractivity contribution in [3.05, 3.63) is 35.2 Å². The van der Waals surface area contributed by atoms with Crippen LogP contribution in [0.1, 0.15) is 10.5 Å². The van der Waals surface area contributed by atoms with Crippen LogP contribution in [0.25, 0.3) is 11.5 Å². The number of benzene rings is 1. The summed E-state index contributed by atoms with van der Waals surface area (Å²) in [5.74, 6) is -0.386. The van der Waals surface area contributed by atoms with E-state index in [-0.39, 0.29) is 11.6 Å². The van der Waals surface area contributed by atoms with Crippen molar-refractivity contribution in [3.8, 4) is 17.2 Å². The fraction of sp³-hybridized carbons (Fsp3) is 0.0909. The molecule has 0 bridgehead atoms. The Hall–Kier alpha value is -2.01. The molecule has 0 spiro atoms. The van der Waals surface area contributed by atoms with Gasteiger partial charge in [0.15, 0.2) is 5.69 Å². The van der Waals surface area contributed by atoms with E-state index in [1.165, 1.54) is 7.11 Å². The van der Waals surface area contributed by atoms with Crippen LogP contribution in [-0.4, -0.2) is 23.2 Å². The summed E-state index contributed by atoms with van der Waals surface area (Å²) in [6.07, 6.45) is 1.07. The van der Waals surface area contributed by atoms with E-state index in [1.807, 2.05) is 0 Å². The number of ether oxygens (including phenoxy) is 1. The summed E-state index contributed by atoms with van der Waals surface area (Å²) in [4.78, 5) is 14.5. The lowest BCUT2D eigenvalue weighted by atomic mass is 10.2. The summed E-state index contributed by atoms with van der Waals surface area (Å²) in [6.45, 7) is 0. The number of methoxy groups -OCH3 is 1. The zero-order chi connectivity index (χ0) is 12.4. The lowest BCUT2D eigenvalue weighted by Gasteiger charge is -2.02. The third kappa shape index (κ3) is 2.24. The average molecular weight is 254 g/mol. The highest BCUT2D eigenvalue weighted by molar-refractivity contribution is 6.33. The van der Waals surface area contributed by atoms with E-state index in [0.717, 1.165) is 6.26 Å². The van der Waals surface area contributed by atoms with Crippen LogP contribution in [0, 0.1) is 0 Å². The first kappa shape index (κ1) is 11.5. The molecule has 0 atom stereocenters. The molecule has 17 heavy (non-hydrogen) atoms. The maximum atomic E-state index is 10.7. The summed E-state index contributed by atoms with van der Waals surface area (Å²) >= 11 is 6.00. The standard InChI is InChI=1S/C11H8ClNO4/c1-16-6-2-3-7(8(12)4-6)10-13-9(5-17-10)11(14)15/h2-5H,1H3,(H,14,15). The number of hydrogen-bond acceptors (Lipinski definition) is 4. The Bertz CT molecular complexity index is 564. The molecule has 1 aromatic carbocycles. The SMILES string of the molecule is COc1ccc(-c2nc(C(=O)O)co2)c(Cl)c1. The monoisotopic (exact) mass is 253 g/mol. The van der Waals surface area contributed by atoms with Crippen LogP contribution < -0.4 is 4.74 Å². The highest BCUT2D eigenvalue weighted by Crippen LogP contribution is 2.30. The van der Waals surface area contributed by atoms with Gasteiger partial charge in [0.1, 0.15) is 12.0 Å². The maximum absolute atomic E-state index is 10.7. The molecule has 0 fully saturated rings. The molecule has 0 aliphatic heterocycles. The number of nitrogens with zero attached hydrogens (tertiary/aromatic N) is 1. The second-order valence-electron chi connectivity index (χ2n) is 3.19. The van der Waals surface area contributed by atoms with Gasteiger partial charge in [-0.3, -0.25) is 0 Å². The molecular formula is C11H8ClNO4. The molecule has 0 radical (unpaired) electrons. The first-order chi connectivity index (χ1) is 8.11. The molecular weight excluding hydrogens is 246 g/mol. The van der Waals surface area contributed by atoms with E-state index in [4.69, 9.17) is 25.9 Å². The number of halogens is 1. The van der Waals surface area contributed by atoms with Gasteiger partial charge in [0.05, 0.1) is 17.7 Å². The first-order valence-electron chi connectivity index (χ1n) is 4.64. The van der Waals surface area contributed by atoms with Crippen molar-refractivity contribution >= 4 is 17.6 Å². The molecule has 1 aromatic heterocycles. The Balaban J connectivity index is 2.42. The van der Waals surface area contributed by atoms with E-state index in [1.54, 1.807) is 18.2 Å². The van der Waals surface area contributed by atoms with E-state index >= 15 is 0 Å². The van der Waals surface area contributed by atoms with Crippen LogP contribution in [-0.2, 0) is 0 Å². The molecule has 1 N–H and O–H groups in total. The second kappa shape index (κ2) is 4.47. The fourth-order valence-corrected chi connectivity index (χ4v) is 1.54. The zero-order valence-electron chi connectivity index (χ0n) is 8.81. The van der Waals surface area contributed by atoms with Gasteiger partial charge in [-0.25, -0.2) is 9.78 Å². The number of carboxylic acids is 1. The van der Waals surface area contributed by atoms with Crippen LogP contribution >= 0.6 is 11.6 Å². The average Bonchev–Trinajstić information content (AvgIpc) is 2.78. The Labute approximate surface area is 102 Å². The minimum absolute atomic E-state index is 0.160. The number of rotatable bonds is 3. The van der Waals surface area contributed by atoms with Crippen LogP contribution in [0.2, 0.25) is 5.02 Å². The van der Waals surface area contributed by atoms with Gasteiger partial charge in [0, 0.05) is 0 Å². The van der Waals surface area contributed by atoms with Gasteiger partial charge in [-0.2, -0.15) is 0 Å². The van der Waals surface area contributed by atoms with Gasteiger partial charge in [-0.15, -0.1) is 0 Å². The van der Waals surface area contributed by atoms with Gasteiger partial charge >= 0.3 is 5.97 Å². The fourth-order valence-electron chi connectivity index (χ4n) is 1.29. The van der Waals surface area contributed by atoms with Crippen molar-refractivity contribution < 1.29 is 19.1 Å². The Morgan fingerprint density at radius 1 is 1.53 bits per heavy atom. The molecule has 0 saturated carbocycles. The molecule has 2 rings (SSSR count). The van der Waals surface area contributed by atoms with Gasteiger partial charge in [0.2, 0.25) is 5.89 Å². The number of hydrogen-bond donors (Lipinski definition) is 1. The molecule has 88 valence electrons. The predicted molar refractivity (Wildman–Crippen MR) is 60.5 cm³/mol. The Morgan fingerprint density at radius 3 is 2.82 bits per heavy atom. The van der Waals surface area contributed by atoms with E-state index in [2.05, 4.69) is 4.98 Å². The summed E-state index contributed by atoms with van der Waals surface area (Å²) in [5, 5.41) is 9.10. The van der Waals surface area contributed by atoms with E-state index in [0.29, 0.717) is 16.3 Å². The molecule has 0 aliphatic rings. The molecule has 5 nitrogen and oxygen atoms in total. The Kier molecular flexibility index (Phi) is 3.01. The van der Waals surface area contributed by atoms with Crippen LogP contribution in [0.15, 0.2) is 28.9 Å². The number of oxazole rings is 1. The van der Waals surface area contributed by atoms with Gasteiger partial charge in [-0.05, 0) is 18.2 Å². The second-order valence-corrected chi connectivity index (χ2v) is 3.60. The highest BCUT2D eigenvalue weighted by Gasteiger charge is 2.14. The third-order valence-corrected chi connectivity index (χ3v) is 2.44. The molecule has 0 saturated heterocycles. The number of carboxylic acid groups (broad SMARTS) is 1.